The molecule has 0 fully saturated rings. The molecule has 23 heteroatoms. The fourth-order valence-electron chi connectivity index (χ4n) is 5.69. The van der Waals surface area contributed by atoms with Crippen molar-refractivity contribution >= 4 is 89.4 Å². The number of H-pyrrole nitrogens is 1. The van der Waals surface area contributed by atoms with Crippen LogP contribution in [0, 0.1) is 11.8 Å². The van der Waals surface area contributed by atoms with E-state index in [1.807, 2.05) is 32.0 Å². The summed E-state index contributed by atoms with van der Waals surface area (Å²) in [5.41, 5.74) is 7.23. The lowest BCUT2D eigenvalue weighted by molar-refractivity contribution is -0.141. The van der Waals surface area contributed by atoms with E-state index >= 15 is 0 Å². The number of hydrogen-bond donors (Lipinski definition) is 14. The van der Waals surface area contributed by atoms with E-state index in [2.05, 4.69) is 72.8 Å². The van der Waals surface area contributed by atoms with Crippen molar-refractivity contribution in [3.63, 3.8) is 0 Å². The van der Waals surface area contributed by atoms with E-state index in [4.69, 9.17) is 10.8 Å². The number of carbonyl (C=O) groups is 9. The molecule has 2 rings (SSSR count). The van der Waals surface area contributed by atoms with Gasteiger partial charge < -0.3 is 63.5 Å². The van der Waals surface area contributed by atoms with Gasteiger partial charge in [0.1, 0.15) is 30.2 Å². The van der Waals surface area contributed by atoms with Crippen molar-refractivity contribution in [2.75, 3.05) is 31.1 Å². The van der Waals surface area contributed by atoms with E-state index < -0.39 is 121 Å². The summed E-state index contributed by atoms with van der Waals surface area (Å²) in [6.07, 6.45) is 0.280. The summed E-state index contributed by atoms with van der Waals surface area (Å²) in [7, 11) is 0. The number of aromatic nitrogens is 1. The lowest BCUT2D eigenvalue weighted by atomic mass is 9.99. The van der Waals surface area contributed by atoms with Crippen LogP contribution < -0.4 is 48.3 Å². The maximum Gasteiger partial charge on any atom is 0.327 e. The summed E-state index contributed by atoms with van der Waals surface area (Å²) < 4.78 is 0. The number of amides is 8. The first kappa shape index (κ1) is 51.8. The van der Waals surface area contributed by atoms with Gasteiger partial charge in [-0.1, -0.05) is 45.9 Å². The number of aliphatic hydroxyl groups is 1. The second-order valence-electron chi connectivity index (χ2n) is 15.0. The molecule has 0 aliphatic rings. The van der Waals surface area contributed by atoms with Crippen molar-refractivity contribution in [3.8, 4) is 0 Å². The number of fused-ring (bicyclic) bond motifs is 1. The molecule has 0 saturated heterocycles. The largest absolute Gasteiger partial charge is 0.480 e. The standard InChI is InChI=1S/C38H58N10O11S2/c1-18(2)10-25(45-33(53)23(39)16-60)34(54)46-26(11-21-12-40-24-9-7-6-8-22(21)24)35(55)48-32(20(5)49)37(57)47-31(19(3)4)36(56)43-14-29(51)41-13-28(50)42-15-30(52)44-27(17-61)38(58)59/h6-9,12,18-20,23,25-27,31-32,40,49,60-61H,10-11,13-17,39H2,1-5H3,(H,41,51)(H,42,50)(H,43,56)(H,44,52)(H,45,53)(H,46,54)(H,47,57)(H,48,55)(H,58,59)/t20-,23+,25+,26+,27+,31+,32+/m1/s1. The van der Waals surface area contributed by atoms with E-state index in [0.29, 0.717) is 5.56 Å². The lowest BCUT2D eigenvalue weighted by Gasteiger charge is -2.29. The Morgan fingerprint density at radius 3 is 1.77 bits per heavy atom. The summed E-state index contributed by atoms with van der Waals surface area (Å²) in [4.78, 5) is 118. The van der Waals surface area contributed by atoms with Gasteiger partial charge in [-0.2, -0.15) is 25.3 Å². The molecule has 0 aliphatic carbocycles. The van der Waals surface area contributed by atoms with Gasteiger partial charge in [-0.3, -0.25) is 38.4 Å². The summed E-state index contributed by atoms with van der Waals surface area (Å²) >= 11 is 7.88. The number of carboxylic acid groups (broad SMARTS) is 1. The van der Waals surface area contributed by atoms with Crippen molar-refractivity contribution in [2.45, 2.75) is 89.8 Å². The summed E-state index contributed by atoms with van der Waals surface area (Å²) in [5, 5.41) is 39.7. The molecule has 7 atom stereocenters. The third-order valence-electron chi connectivity index (χ3n) is 9.05. The number of rotatable bonds is 25. The van der Waals surface area contributed by atoms with Gasteiger partial charge in [-0.15, -0.1) is 0 Å². The number of carbonyl (C=O) groups excluding carboxylic acids is 8. The third kappa shape index (κ3) is 17.2. The van der Waals surface area contributed by atoms with Gasteiger partial charge in [0, 0.05) is 35.0 Å². The predicted molar refractivity (Wildman–Crippen MR) is 230 cm³/mol. The Bertz CT molecular complexity index is 1880. The van der Waals surface area contributed by atoms with Crippen LogP contribution in [0.2, 0.25) is 0 Å². The maximum absolute atomic E-state index is 14.0. The normalized spacial score (nSPS) is 14.6. The van der Waals surface area contributed by atoms with Crippen LogP contribution in [-0.2, 0) is 49.6 Å². The first-order valence-corrected chi connectivity index (χ1v) is 20.7. The van der Waals surface area contributed by atoms with E-state index in [1.165, 1.54) is 6.92 Å². The Kier molecular flexibility index (Phi) is 21.5. The van der Waals surface area contributed by atoms with Crippen LogP contribution in [0.25, 0.3) is 10.9 Å². The van der Waals surface area contributed by atoms with Crippen molar-refractivity contribution in [3.05, 3.63) is 36.0 Å². The number of benzene rings is 1. The van der Waals surface area contributed by atoms with Crippen molar-refractivity contribution in [1.29, 1.82) is 0 Å². The third-order valence-corrected chi connectivity index (χ3v) is 9.80. The fraction of sp³-hybridized carbons (Fsp3) is 0.553. The molecule has 0 radical (unpaired) electrons. The van der Waals surface area contributed by atoms with Crippen molar-refractivity contribution < 1.29 is 53.4 Å². The average Bonchev–Trinajstić information content (AvgIpc) is 3.62. The van der Waals surface area contributed by atoms with E-state index in [1.54, 1.807) is 26.1 Å². The molecule has 1 heterocycles. The van der Waals surface area contributed by atoms with Crippen LogP contribution in [0.4, 0.5) is 0 Å². The van der Waals surface area contributed by atoms with Crippen LogP contribution in [-0.4, -0.2) is 142 Å². The van der Waals surface area contributed by atoms with Gasteiger partial charge >= 0.3 is 5.97 Å². The van der Waals surface area contributed by atoms with Crippen molar-refractivity contribution in [2.24, 2.45) is 17.6 Å². The molecular formula is C38H58N10O11S2. The van der Waals surface area contributed by atoms with Gasteiger partial charge in [-0.25, -0.2) is 4.79 Å². The molecular weight excluding hydrogens is 837 g/mol. The topological polar surface area (TPSA) is 332 Å². The summed E-state index contributed by atoms with van der Waals surface area (Å²) in [5.74, 6) is -8.45. The first-order chi connectivity index (χ1) is 28.7. The van der Waals surface area contributed by atoms with Crippen LogP contribution >= 0.6 is 25.3 Å². The van der Waals surface area contributed by atoms with E-state index in [0.717, 1.165) is 10.9 Å². The quantitative estimate of drug-likeness (QED) is 0.0440. The highest BCUT2D eigenvalue weighted by Gasteiger charge is 2.35. The zero-order chi connectivity index (χ0) is 46.0. The van der Waals surface area contributed by atoms with Gasteiger partial charge in [0.15, 0.2) is 0 Å². The zero-order valence-corrected chi connectivity index (χ0v) is 36.4. The molecule has 338 valence electrons. The number of aliphatic hydroxyl groups excluding tert-OH is 1. The molecule has 13 N–H and O–H groups in total. The Morgan fingerprint density at radius 1 is 0.656 bits per heavy atom. The van der Waals surface area contributed by atoms with Gasteiger partial charge in [0.2, 0.25) is 47.3 Å². The molecule has 0 aliphatic heterocycles. The van der Waals surface area contributed by atoms with E-state index in [-0.39, 0.29) is 30.3 Å². The van der Waals surface area contributed by atoms with Crippen LogP contribution in [0.5, 0.6) is 0 Å². The number of hydrogen-bond acceptors (Lipinski definition) is 13. The minimum atomic E-state index is -1.64. The highest BCUT2D eigenvalue weighted by molar-refractivity contribution is 7.80. The number of para-hydroxylation sites is 1. The predicted octanol–water partition coefficient (Wildman–Crippen LogP) is -3.16. The molecule has 1 aromatic heterocycles. The molecule has 2 aromatic rings. The second-order valence-corrected chi connectivity index (χ2v) is 15.7. The molecule has 1 aromatic carbocycles. The van der Waals surface area contributed by atoms with Crippen LogP contribution in [0.15, 0.2) is 30.5 Å². The number of nitrogens with two attached hydrogens (primary N) is 1. The van der Waals surface area contributed by atoms with Gasteiger partial charge in [0.05, 0.1) is 31.8 Å². The molecule has 8 amide bonds. The molecule has 61 heavy (non-hydrogen) atoms. The number of carboxylic acids is 1. The minimum absolute atomic E-state index is 0.0210. The Labute approximate surface area is 363 Å². The number of thiol groups is 2. The Balaban J connectivity index is 2.16. The second kappa shape index (κ2) is 25.4. The smallest absolute Gasteiger partial charge is 0.327 e. The SMILES string of the molecule is CC(C)C[C@H](NC(=O)[C@@H](N)CS)C(=O)N[C@@H](Cc1c[nH]c2ccccc12)C(=O)N[C@H](C(=O)N[C@H](C(=O)NCC(=O)NCC(=O)NCC(=O)N[C@@H](CS)C(=O)O)C(C)C)[C@@H](C)O. The molecule has 0 unspecified atom stereocenters. The first-order valence-electron chi connectivity index (χ1n) is 19.4. The number of nitrogens with one attached hydrogen (secondary N) is 9. The molecule has 21 nitrogen and oxygen atoms in total. The molecule has 0 spiro atoms. The molecule has 0 saturated carbocycles. The zero-order valence-electron chi connectivity index (χ0n) is 34.6. The van der Waals surface area contributed by atoms with Crippen molar-refractivity contribution in [1.82, 2.24) is 47.5 Å². The lowest BCUT2D eigenvalue weighted by Crippen LogP contribution is -2.62. The molecule has 0 bridgehead atoms. The minimum Gasteiger partial charge on any atom is -0.480 e. The van der Waals surface area contributed by atoms with Crippen LogP contribution in [0.1, 0.15) is 46.6 Å². The van der Waals surface area contributed by atoms with Gasteiger partial charge in [-0.05, 0) is 36.8 Å². The highest BCUT2D eigenvalue weighted by Crippen LogP contribution is 2.20. The Morgan fingerprint density at radius 2 is 1.21 bits per heavy atom. The number of aromatic amines is 1. The summed E-state index contributed by atoms with van der Waals surface area (Å²) in [6.45, 7) is 6.33. The Hall–Kier alpha value is -5.39. The summed E-state index contributed by atoms with van der Waals surface area (Å²) in [6, 6.07) is -0.353. The highest BCUT2D eigenvalue weighted by atomic mass is 32.1. The monoisotopic (exact) mass is 894 g/mol. The number of aliphatic carboxylic acids is 1. The maximum atomic E-state index is 14.0. The average molecular weight is 895 g/mol. The fourth-order valence-corrected chi connectivity index (χ4v) is 6.11. The van der Waals surface area contributed by atoms with Gasteiger partial charge in [0.25, 0.3) is 0 Å². The van der Waals surface area contributed by atoms with Crippen LogP contribution in [0.3, 0.4) is 0 Å². The van der Waals surface area contributed by atoms with E-state index in [9.17, 15) is 48.3 Å².